The normalized spacial score (nSPS) is 21.2. The van der Waals surface area contributed by atoms with E-state index >= 15 is 0 Å². The van der Waals surface area contributed by atoms with Crippen LogP contribution in [0.15, 0.2) is 34.9 Å². The Kier molecular flexibility index (Phi) is 2.83. The van der Waals surface area contributed by atoms with Crippen LogP contribution in [0.2, 0.25) is 0 Å². The van der Waals surface area contributed by atoms with Crippen molar-refractivity contribution in [1.82, 2.24) is 10.5 Å². The average molecular weight is 258 g/mol. The van der Waals surface area contributed by atoms with Crippen LogP contribution < -0.4 is 5.32 Å². The van der Waals surface area contributed by atoms with Crippen molar-refractivity contribution in [1.29, 1.82) is 0 Å². The molecule has 1 aromatic heterocycles. The summed E-state index contributed by atoms with van der Waals surface area (Å²) in [5.41, 5.74) is 2.26. The maximum Gasteiger partial charge on any atom is 0.274 e. The van der Waals surface area contributed by atoms with Gasteiger partial charge < -0.3 is 14.9 Å². The van der Waals surface area contributed by atoms with Gasteiger partial charge in [0, 0.05) is 12.5 Å². The molecule has 0 fully saturated rings. The van der Waals surface area contributed by atoms with Crippen LogP contribution >= 0.6 is 0 Å². The Morgan fingerprint density at radius 2 is 2.26 bits per heavy atom. The molecule has 1 aliphatic carbocycles. The van der Waals surface area contributed by atoms with Crippen molar-refractivity contribution in [3.63, 3.8) is 0 Å². The Bertz CT molecular complexity index is 621. The second kappa shape index (κ2) is 4.51. The van der Waals surface area contributed by atoms with Crippen molar-refractivity contribution in [2.45, 2.75) is 25.5 Å². The van der Waals surface area contributed by atoms with Crippen LogP contribution in [-0.2, 0) is 6.42 Å². The van der Waals surface area contributed by atoms with Crippen molar-refractivity contribution < 1.29 is 14.4 Å². The van der Waals surface area contributed by atoms with Crippen molar-refractivity contribution in [2.75, 3.05) is 0 Å². The number of rotatable bonds is 2. The molecule has 2 atom stereocenters. The van der Waals surface area contributed by atoms with Crippen LogP contribution in [0, 0.1) is 6.92 Å². The minimum Gasteiger partial charge on any atom is -0.390 e. The maximum atomic E-state index is 12.0. The van der Waals surface area contributed by atoms with Gasteiger partial charge in [-0.3, -0.25) is 4.79 Å². The van der Waals surface area contributed by atoms with E-state index in [0.717, 1.165) is 11.1 Å². The predicted octanol–water partition coefficient (Wildman–Crippen LogP) is 1.37. The first kappa shape index (κ1) is 11.9. The summed E-state index contributed by atoms with van der Waals surface area (Å²) in [7, 11) is 0. The van der Waals surface area contributed by atoms with E-state index in [4.69, 9.17) is 4.52 Å². The summed E-state index contributed by atoms with van der Waals surface area (Å²) >= 11 is 0. The van der Waals surface area contributed by atoms with Gasteiger partial charge in [-0.05, 0) is 18.1 Å². The lowest BCUT2D eigenvalue weighted by Crippen LogP contribution is -2.34. The summed E-state index contributed by atoms with van der Waals surface area (Å²) < 4.78 is 4.87. The highest BCUT2D eigenvalue weighted by Crippen LogP contribution is 2.31. The summed E-state index contributed by atoms with van der Waals surface area (Å²) in [6.45, 7) is 1.73. The van der Waals surface area contributed by atoms with E-state index < -0.39 is 6.10 Å². The van der Waals surface area contributed by atoms with Crippen LogP contribution in [0.4, 0.5) is 0 Å². The molecule has 1 aliphatic rings. The Labute approximate surface area is 110 Å². The molecule has 0 saturated carbocycles. The van der Waals surface area contributed by atoms with Gasteiger partial charge in [0.2, 0.25) is 0 Å². The van der Waals surface area contributed by atoms with Gasteiger partial charge in [0.15, 0.2) is 5.69 Å². The highest BCUT2D eigenvalue weighted by molar-refractivity contribution is 5.92. The number of fused-ring (bicyclic) bond motifs is 1. The molecule has 0 spiro atoms. The number of amides is 1. The number of aliphatic hydroxyl groups excluding tert-OH is 1. The van der Waals surface area contributed by atoms with E-state index in [0.29, 0.717) is 12.2 Å². The molecular formula is C14H14N2O3. The highest BCUT2D eigenvalue weighted by atomic mass is 16.5. The fourth-order valence-corrected chi connectivity index (χ4v) is 2.44. The Morgan fingerprint density at radius 1 is 1.47 bits per heavy atom. The smallest absolute Gasteiger partial charge is 0.274 e. The zero-order valence-corrected chi connectivity index (χ0v) is 10.5. The summed E-state index contributed by atoms with van der Waals surface area (Å²) in [6.07, 6.45) is -0.0479. The summed E-state index contributed by atoms with van der Waals surface area (Å²) in [6, 6.07) is 8.89. The fraction of sp³-hybridized carbons (Fsp3) is 0.286. The van der Waals surface area contributed by atoms with Gasteiger partial charge in [-0.1, -0.05) is 29.4 Å². The third-order valence-electron chi connectivity index (χ3n) is 3.35. The van der Waals surface area contributed by atoms with E-state index in [9.17, 15) is 9.90 Å². The minimum atomic E-state index is -0.602. The number of nitrogens with zero attached hydrogens (tertiary/aromatic N) is 1. The van der Waals surface area contributed by atoms with Crippen molar-refractivity contribution in [2.24, 2.45) is 0 Å². The molecule has 0 bridgehead atoms. The van der Waals surface area contributed by atoms with E-state index in [2.05, 4.69) is 10.5 Å². The highest BCUT2D eigenvalue weighted by Gasteiger charge is 2.32. The van der Waals surface area contributed by atoms with E-state index in [-0.39, 0.29) is 17.6 Å². The van der Waals surface area contributed by atoms with Crippen LogP contribution in [-0.4, -0.2) is 22.3 Å². The molecule has 0 saturated heterocycles. The van der Waals surface area contributed by atoms with E-state index in [1.165, 1.54) is 0 Å². The SMILES string of the molecule is Cc1cc(C(=O)N[C@H]2c3ccccc3C[C@H]2O)no1. The van der Waals surface area contributed by atoms with Gasteiger partial charge >= 0.3 is 0 Å². The molecule has 1 amide bonds. The Balaban J connectivity index is 1.82. The second-order valence-electron chi connectivity index (χ2n) is 4.74. The van der Waals surface area contributed by atoms with Crippen molar-refractivity contribution >= 4 is 5.91 Å². The molecule has 0 radical (unpaired) electrons. The van der Waals surface area contributed by atoms with Crippen molar-refractivity contribution in [3.8, 4) is 0 Å². The van der Waals surface area contributed by atoms with Crippen molar-refractivity contribution in [3.05, 3.63) is 52.9 Å². The fourth-order valence-electron chi connectivity index (χ4n) is 2.44. The number of hydrogen-bond donors (Lipinski definition) is 2. The minimum absolute atomic E-state index is 0.231. The molecule has 19 heavy (non-hydrogen) atoms. The molecule has 0 aliphatic heterocycles. The molecule has 1 heterocycles. The van der Waals surface area contributed by atoms with E-state index in [1.54, 1.807) is 13.0 Å². The molecule has 0 unspecified atom stereocenters. The molecule has 3 rings (SSSR count). The van der Waals surface area contributed by atoms with E-state index in [1.807, 2.05) is 24.3 Å². The van der Waals surface area contributed by atoms with Gasteiger partial charge in [0.05, 0.1) is 12.1 Å². The molecular weight excluding hydrogens is 244 g/mol. The van der Waals surface area contributed by atoms with Gasteiger partial charge in [0.25, 0.3) is 5.91 Å². The van der Waals surface area contributed by atoms with Gasteiger partial charge in [-0.2, -0.15) is 0 Å². The number of carbonyl (C=O) groups excluding carboxylic acids is 1. The summed E-state index contributed by atoms with van der Waals surface area (Å²) in [5, 5.41) is 16.5. The Hall–Kier alpha value is -2.14. The molecule has 2 aromatic rings. The van der Waals surface area contributed by atoms with Crippen LogP contribution in [0.25, 0.3) is 0 Å². The molecule has 2 N–H and O–H groups in total. The standard InChI is InChI=1S/C14H14N2O3/c1-8-6-11(16-19-8)14(18)15-13-10-5-3-2-4-9(10)7-12(13)17/h2-6,12-13,17H,7H2,1H3,(H,15,18)/t12-,13+/m1/s1. The number of aryl methyl sites for hydroxylation is 1. The van der Waals surface area contributed by atoms with Gasteiger partial charge in [-0.25, -0.2) is 0 Å². The first-order valence-corrected chi connectivity index (χ1v) is 6.15. The number of aliphatic hydroxyl groups is 1. The summed E-state index contributed by atoms with van der Waals surface area (Å²) in [5.74, 6) is 0.245. The zero-order valence-electron chi connectivity index (χ0n) is 10.5. The lowest BCUT2D eigenvalue weighted by Gasteiger charge is -2.16. The largest absolute Gasteiger partial charge is 0.390 e. The lowest BCUT2D eigenvalue weighted by atomic mass is 10.1. The third kappa shape index (κ3) is 2.13. The average Bonchev–Trinajstić information content (AvgIpc) is 2.95. The first-order chi connectivity index (χ1) is 9.15. The molecule has 98 valence electrons. The van der Waals surface area contributed by atoms with Crippen LogP contribution in [0.5, 0.6) is 0 Å². The zero-order chi connectivity index (χ0) is 13.4. The lowest BCUT2D eigenvalue weighted by molar-refractivity contribution is 0.0849. The monoisotopic (exact) mass is 258 g/mol. The molecule has 1 aromatic carbocycles. The van der Waals surface area contributed by atoms with Gasteiger partial charge in [-0.15, -0.1) is 0 Å². The number of benzene rings is 1. The quantitative estimate of drug-likeness (QED) is 0.853. The predicted molar refractivity (Wildman–Crippen MR) is 67.6 cm³/mol. The van der Waals surface area contributed by atoms with Crippen LogP contribution in [0.1, 0.15) is 33.4 Å². The molecule has 5 nitrogen and oxygen atoms in total. The Morgan fingerprint density at radius 3 is 3.00 bits per heavy atom. The number of aromatic nitrogens is 1. The second-order valence-corrected chi connectivity index (χ2v) is 4.74. The summed E-state index contributed by atoms with van der Waals surface area (Å²) in [4.78, 5) is 12.0. The van der Waals surface area contributed by atoms with Crippen LogP contribution in [0.3, 0.4) is 0 Å². The number of nitrogens with one attached hydrogen (secondary N) is 1. The number of hydrogen-bond acceptors (Lipinski definition) is 4. The maximum absolute atomic E-state index is 12.0. The number of carbonyl (C=O) groups is 1. The topological polar surface area (TPSA) is 75.4 Å². The first-order valence-electron chi connectivity index (χ1n) is 6.15. The third-order valence-corrected chi connectivity index (χ3v) is 3.35. The van der Waals surface area contributed by atoms with Gasteiger partial charge in [0.1, 0.15) is 5.76 Å². The molecule has 5 heteroatoms.